The van der Waals surface area contributed by atoms with Crippen LogP contribution in [0, 0.1) is 10.1 Å². The summed E-state index contributed by atoms with van der Waals surface area (Å²) in [6.07, 6.45) is 1.54. The van der Waals surface area contributed by atoms with E-state index in [-0.39, 0.29) is 23.1 Å². The van der Waals surface area contributed by atoms with Gasteiger partial charge in [0.25, 0.3) is 0 Å². The van der Waals surface area contributed by atoms with Crippen LogP contribution in [0.3, 0.4) is 0 Å². The van der Waals surface area contributed by atoms with Gasteiger partial charge in [0.1, 0.15) is 12.4 Å². The number of nitrogens with zero attached hydrogens (tertiary/aromatic N) is 2. The van der Waals surface area contributed by atoms with E-state index in [1.165, 1.54) is 12.1 Å². The second kappa shape index (κ2) is 6.06. The van der Waals surface area contributed by atoms with Crippen LogP contribution < -0.4 is 10.5 Å². The number of hydrogen-bond acceptors (Lipinski definition) is 5. The van der Waals surface area contributed by atoms with Crippen molar-refractivity contribution in [1.82, 2.24) is 4.98 Å². The Labute approximate surface area is 127 Å². The van der Waals surface area contributed by atoms with E-state index in [4.69, 9.17) is 22.1 Å². The normalized spacial score (nSPS) is 10.3. The maximum Gasteiger partial charge on any atom is 0.313 e. The quantitative estimate of drug-likeness (QED) is 0.666. The van der Waals surface area contributed by atoms with Gasteiger partial charge in [-0.2, -0.15) is 0 Å². The second-order valence-corrected chi connectivity index (χ2v) is 5.16. The van der Waals surface area contributed by atoms with Crippen molar-refractivity contribution in [1.29, 1.82) is 0 Å². The molecule has 0 spiro atoms. The van der Waals surface area contributed by atoms with Gasteiger partial charge in [-0.1, -0.05) is 11.6 Å². The first-order chi connectivity index (χ1) is 9.47. The van der Waals surface area contributed by atoms with Crippen LogP contribution in [-0.2, 0) is 6.61 Å². The Morgan fingerprint density at radius 3 is 2.85 bits per heavy atom. The number of aromatic nitrogens is 1. The first-order valence-corrected chi connectivity index (χ1v) is 6.61. The van der Waals surface area contributed by atoms with Gasteiger partial charge in [0.05, 0.1) is 9.40 Å². The Morgan fingerprint density at radius 2 is 2.20 bits per heavy atom. The minimum atomic E-state index is -0.549. The predicted molar refractivity (Wildman–Crippen MR) is 78.8 cm³/mol. The monoisotopic (exact) mass is 357 g/mol. The number of benzene rings is 1. The topological polar surface area (TPSA) is 91.3 Å². The highest BCUT2D eigenvalue weighted by molar-refractivity contribution is 9.10. The minimum Gasteiger partial charge on any atom is -0.481 e. The molecule has 104 valence electrons. The number of nitro groups is 1. The fourth-order valence-electron chi connectivity index (χ4n) is 1.56. The van der Waals surface area contributed by atoms with E-state index in [0.29, 0.717) is 10.3 Å². The van der Waals surface area contributed by atoms with Gasteiger partial charge in [-0.3, -0.25) is 10.1 Å². The highest BCUT2D eigenvalue weighted by Crippen LogP contribution is 2.38. The third-order valence-electron chi connectivity index (χ3n) is 2.41. The molecular weight excluding hydrogens is 350 g/mol. The summed E-state index contributed by atoms with van der Waals surface area (Å²) in [5.41, 5.74) is 6.11. The van der Waals surface area contributed by atoms with Gasteiger partial charge in [0.2, 0.25) is 5.75 Å². The number of hydrogen-bond donors (Lipinski definition) is 1. The molecule has 0 aliphatic carbocycles. The number of halogens is 2. The molecule has 2 aromatic rings. The van der Waals surface area contributed by atoms with Gasteiger partial charge < -0.3 is 10.5 Å². The summed E-state index contributed by atoms with van der Waals surface area (Å²) in [4.78, 5) is 14.3. The van der Waals surface area contributed by atoms with Crippen molar-refractivity contribution >= 4 is 39.0 Å². The SMILES string of the molecule is Nc1cc(COc2c(Br)cc(Cl)cc2[N+](=O)[O-])ccn1. The predicted octanol–water partition coefficient (Wildman–Crippen LogP) is 3.57. The molecule has 0 aliphatic rings. The zero-order chi connectivity index (χ0) is 14.7. The van der Waals surface area contributed by atoms with E-state index in [0.717, 1.165) is 5.56 Å². The third kappa shape index (κ3) is 3.37. The van der Waals surface area contributed by atoms with Crippen LogP contribution in [0.5, 0.6) is 5.75 Å². The number of nitrogen functional groups attached to an aromatic ring is 1. The fraction of sp³-hybridized carbons (Fsp3) is 0.0833. The fourth-order valence-corrected chi connectivity index (χ4v) is 2.47. The first kappa shape index (κ1) is 14.5. The number of rotatable bonds is 4. The van der Waals surface area contributed by atoms with Gasteiger partial charge >= 0.3 is 5.69 Å². The molecule has 1 heterocycles. The van der Waals surface area contributed by atoms with Crippen LogP contribution in [0.15, 0.2) is 34.9 Å². The second-order valence-electron chi connectivity index (χ2n) is 3.87. The van der Waals surface area contributed by atoms with Gasteiger partial charge in [-0.15, -0.1) is 0 Å². The highest BCUT2D eigenvalue weighted by Gasteiger charge is 2.20. The Balaban J connectivity index is 2.27. The van der Waals surface area contributed by atoms with Crippen molar-refractivity contribution in [3.8, 4) is 5.75 Å². The lowest BCUT2D eigenvalue weighted by Gasteiger charge is -2.09. The Hall–Kier alpha value is -1.86. The van der Waals surface area contributed by atoms with E-state index >= 15 is 0 Å². The highest BCUT2D eigenvalue weighted by atomic mass is 79.9. The summed E-state index contributed by atoms with van der Waals surface area (Å²) >= 11 is 8.99. The molecule has 2 N–H and O–H groups in total. The molecule has 0 aliphatic heterocycles. The molecule has 0 saturated heterocycles. The molecule has 0 atom stereocenters. The van der Waals surface area contributed by atoms with Crippen molar-refractivity contribution in [3.05, 3.63) is 55.6 Å². The summed E-state index contributed by atoms with van der Waals surface area (Å²) in [7, 11) is 0. The molecule has 8 heteroatoms. The van der Waals surface area contributed by atoms with Crippen LogP contribution in [-0.4, -0.2) is 9.91 Å². The lowest BCUT2D eigenvalue weighted by molar-refractivity contribution is -0.386. The number of ether oxygens (including phenoxy) is 1. The summed E-state index contributed by atoms with van der Waals surface area (Å²) in [6, 6.07) is 6.12. The zero-order valence-electron chi connectivity index (χ0n) is 10.0. The average molecular weight is 359 g/mol. The molecule has 20 heavy (non-hydrogen) atoms. The molecule has 0 amide bonds. The molecule has 0 fully saturated rings. The Kier molecular flexibility index (Phi) is 4.41. The largest absolute Gasteiger partial charge is 0.481 e. The molecule has 1 aromatic carbocycles. The maximum absolute atomic E-state index is 11.0. The van der Waals surface area contributed by atoms with E-state index in [9.17, 15) is 10.1 Å². The lowest BCUT2D eigenvalue weighted by atomic mass is 10.2. The molecule has 0 radical (unpaired) electrons. The van der Waals surface area contributed by atoms with E-state index in [1.54, 1.807) is 18.3 Å². The summed E-state index contributed by atoms with van der Waals surface area (Å²) in [5.74, 6) is 0.477. The number of anilines is 1. The van der Waals surface area contributed by atoms with E-state index < -0.39 is 4.92 Å². The minimum absolute atomic E-state index is 0.120. The molecule has 0 saturated carbocycles. The van der Waals surface area contributed by atoms with Crippen molar-refractivity contribution < 1.29 is 9.66 Å². The van der Waals surface area contributed by atoms with Crippen molar-refractivity contribution in [2.45, 2.75) is 6.61 Å². The first-order valence-electron chi connectivity index (χ1n) is 5.44. The van der Waals surface area contributed by atoms with Crippen molar-refractivity contribution in [2.75, 3.05) is 5.73 Å². The summed E-state index contributed by atoms with van der Waals surface area (Å²) in [5, 5.41) is 11.3. The molecule has 0 bridgehead atoms. The number of pyridine rings is 1. The molecule has 1 aromatic heterocycles. The average Bonchev–Trinajstić information content (AvgIpc) is 2.36. The van der Waals surface area contributed by atoms with Gasteiger partial charge in [0, 0.05) is 17.3 Å². The van der Waals surface area contributed by atoms with Crippen LogP contribution >= 0.6 is 27.5 Å². The number of nitro benzene ring substituents is 1. The van der Waals surface area contributed by atoms with Gasteiger partial charge in [0.15, 0.2) is 0 Å². The van der Waals surface area contributed by atoms with Crippen LogP contribution in [0.2, 0.25) is 5.02 Å². The Morgan fingerprint density at radius 1 is 1.45 bits per heavy atom. The van der Waals surface area contributed by atoms with Crippen molar-refractivity contribution in [2.24, 2.45) is 0 Å². The number of nitrogens with two attached hydrogens (primary N) is 1. The summed E-state index contributed by atoms with van der Waals surface area (Å²) < 4.78 is 5.91. The molecular formula is C12H9BrClN3O3. The molecule has 0 unspecified atom stereocenters. The molecule has 2 rings (SSSR count). The van der Waals surface area contributed by atoms with Gasteiger partial charge in [-0.25, -0.2) is 4.98 Å². The van der Waals surface area contributed by atoms with Crippen molar-refractivity contribution in [3.63, 3.8) is 0 Å². The lowest BCUT2D eigenvalue weighted by Crippen LogP contribution is -2.01. The van der Waals surface area contributed by atoms with Crippen LogP contribution in [0.25, 0.3) is 0 Å². The van der Waals surface area contributed by atoms with Crippen LogP contribution in [0.4, 0.5) is 11.5 Å². The zero-order valence-corrected chi connectivity index (χ0v) is 12.4. The van der Waals surface area contributed by atoms with Gasteiger partial charge in [-0.05, 0) is 39.7 Å². The maximum atomic E-state index is 11.0. The smallest absolute Gasteiger partial charge is 0.313 e. The summed E-state index contributed by atoms with van der Waals surface area (Å²) in [6.45, 7) is 0.133. The standard InChI is InChI=1S/C12H9BrClN3O3/c13-9-4-8(14)5-10(17(18)19)12(9)20-6-7-1-2-16-11(15)3-7/h1-5H,6H2,(H2,15,16). The van der Waals surface area contributed by atoms with Crippen LogP contribution in [0.1, 0.15) is 5.56 Å². The van der Waals surface area contributed by atoms with E-state index in [1.807, 2.05) is 0 Å². The third-order valence-corrected chi connectivity index (χ3v) is 3.22. The van der Waals surface area contributed by atoms with E-state index in [2.05, 4.69) is 20.9 Å². The Bertz CT molecular complexity index is 666. The molecule has 6 nitrogen and oxygen atoms in total.